The molecule has 0 saturated carbocycles. The van der Waals surface area contributed by atoms with Gasteiger partial charge in [-0.1, -0.05) is 18.2 Å². The van der Waals surface area contributed by atoms with Gasteiger partial charge in [0, 0.05) is 5.69 Å². The van der Waals surface area contributed by atoms with Crippen LogP contribution in [0.3, 0.4) is 0 Å². The fourth-order valence-electron chi connectivity index (χ4n) is 1.92. The second kappa shape index (κ2) is 10.1. The van der Waals surface area contributed by atoms with Crippen molar-refractivity contribution in [3.8, 4) is 0 Å². The summed E-state index contributed by atoms with van der Waals surface area (Å²) in [6, 6.07) is 7.13. The molecule has 11 heteroatoms. The number of para-hydroxylation sites is 1. The highest BCUT2D eigenvalue weighted by Crippen LogP contribution is 2.39. The van der Waals surface area contributed by atoms with Crippen LogP contribution in [-0.2, 0) is 18.9 Å². The highest BCUT2D eigenvalue weighted by molar-refractivity contribution is 7.52. The van der Waals surface area contributed by atoms with Crippen LogP contribution in [0.15, 0.2) is 30.3 Å². The number of hydrogen-bond acceptors (Lipinski definition) is 5. The first kappa shape index (κ1) is 22.6. The molecule has 0 aliphatic rings. The molecule has 0 heterocycles. The van der Waals surface area contributed by atoms with Gasteiger partial charge in [0.05, 0.1) is 6.54 Å². The molecule has 0 aliphatic carbocycles. The van der Waals surface area contributed by atoms with Gasteiger partial charge in [0.1, 0.15) is 17.9 Å². The Morgan fingerprint density at radius 1 is 0.926 bits per heavy atom. The van der Waals surface area contributed by atoms with E-state index in [1.54, 1.807) is 12.1 Å². The van der Waals surface area contributed by atoms with E-state index in [2.05, 4.69) is 21.3 Å². The standard InChI is InChI=1S/C16H25N4O6P/c1-10(18-14(21)9-17-13-7-5-4-6-8-13)15(22)19-11(2)16(23)20-12(3)27(24,25)26/h4-8,10-12,17H,9H2,1-3H3,(H,18,21)(H,19,22)(H,20,23)(H2,24,25,26)/t10-,11-,12+/m0/s1. The van der Waals surface area contributed by atoms with Crippen LogP contribution in [0.4, 0.5) is 5.69 Å². The summed E-state index contributed by atoms with van der Waals surface area (Å²) in [5, 5.41) is 9.90. The highest BCUT2D eigenvalue weighted by atomic mass is 31.2. The van der Waals surface area contributed by atoms with Crippen LogP contribution >= 0.6 is 7.60 Å². The lowest BCUT2D eigenvalue weighted by Gasteiger charge is -2.21. The molecule has 6 N–H and O–H groups in total. The molecule has 0 aliphatic heterocycles. The fraction of sp³-hybridized carbons (Fsp3) is 0.438. The molecule has 10 nitrogen and oxygen atoms in total. The summed E-state index contributed by atoms with van der Waals surface area (Å²) in [6.07, 6.45) is 0. The van der Waals surface area contributed by atoms with Gasteiger partial charge in [0.15, 0.2) is 0 Å². The molecule has 0 saturated heterocycles. The van der Waals surface area contributed by atoms with Crippen molar-refractivity contribution in [2.45, 2.75) is 38.6 Å². The molecule has 150 valence electrons. The van der Waals surface area contributed by atoms with E-state index in [1.807, 2.05) is 18.2 Å². The molecule has 1 rings (SSSR count). The SMILES string of the molecule is C[C@H](NC(=O)CNc1ccccc1)C(=O)N[C@@H](C)C(=O)N[C@@H](C)P(=O)(O)O. The third-order valence-corrected chi connectivity index (χ3v) is 4.74. The summed E-state index contributed by atoms with van der Waals surface area (Å²) < 4.78 is 11.0. The van der Waals surface area contributed by atoms with Gasteiger partial charge in [-0.2, -0.15) is 0 Å². The molecule has 0 bridgehead atoms. The molecule has 1 aromatic carbocycles. The highest BCUT2D eigenvalue weighted by Gasteiger charge is 2.28. The van der Waals surface area contributed by atoms with E-state index in [9.17, 15) is 18.9 Å². The third-order valence-electron chi connectivity index (χ3n) is 3.61. The van der Waals surface area contributed by atoms with E-state index < -0.39 is 43.2 Å². The molecule has 3 amide bonds. The van der Waals surface area contributed by atoms with Crippen LogP contribution in [0, 0.1) is 0 Å². The van der Waals surface area contributed by atoms with Gasteiger partial charge in [-0.05, 0) is 32.9 Å². The predicted octanol–water partition coefficient (Wildman–Crippen LogP) is -0.252. The van der Waals surface area contributed by atoms with Crippen LogP contribution in [0.2, 0.25) is 0 Å². The zero-order chi connectivity index (χ0) is 20.6. The van der Waals surface area contributed by atoms with E-state index in [0.29, 0.717) is 0 Å². The molecule has 3 atom stereocenters. The molecular formula is C16H25N4O6P. The van der Waals surface area contributed by atoms with E-state index in [4.69, 9.17) is 9.79 Å². The molecule has 0 aromatic heterocycles. The summed E-state index contributed by atoms with van der Waals surface area (Å²) in [5.41, 5.74) is 0.759. The molecule has 0 radical (unpaired) electrons. The van der Waals surface area contributed by atoms with Gasteiger partial charge < -0.3 is 31.1 Å². The minimum absolute atomic E-state index is 0.0303. The Morgan fingerprint density at radius 2 is 1.44 bits per heavy atom. The van der Waals surface area contributed by atoms with Crippen LogP contribution in [0.5, 0.6) is 0 Å². The van der Waals surface area contributed by atoms with Crippen LogP contribution in [-0.4, -0.2) is 51.9 Å². The third kappa shape index (κ3) is 8.21. The Labute approximate surface area is 157 Å². The lowest BCUT2D eigenvalue weighted by molar-refractivity contribution is -0.131. The first-order valence-electron chi connectivity index (χ1n) is 8.25. The van der Waals surface area contributed by atoms with E-state index in [0.717, 1.165) is 12.6 Å². The van der Waals surface area contributed by atoms with E-state index in [1.165, 1.54) is 13.8 Å². The quantitative estimate of drug-likeness (QED) is 0.312. The molecular weight excluding hydrogens is 375 g/mol. The van der Waals surface area contributed by atoms with Crippen LogP contribution < -0.4 is 21.3 Å². The number of hydrogen-bond donors (Lipinski definition) is 6. The molecule has 0 unspecified atom stereocenters. The van der Waals surface area contributed by atoms with Crippen molar-refractivity contribution in [1.29, 1.82) is 0 Å². The zero-order valence-corrected chi connectivity index (χ0v) is 16.2. The Kier molecular flexibility index (Phi) is 8.42. The summed E-state index contributed by atoms with van der Waals surface area (Å²) in [7, 11) is -4.46. The van der Waals surface area contributed by atoms with Crippen molar-refractivity contribution in [2.24, 2.45) is 0 Å². The van der Waals surface area contributed by atoms with Crippen molar-refractivity contribution < 1.29 is 28.7 Å². The maximum Gasteiger partial charge on any atom is 0.347 e. The van der Waals surface area contributed by atoms with Gasteiger partial charge in [-0.25, -0.2) is 0 Å². The first-order valence-corrected chi connectivity index (χ1v) is 9.93. The van der Waals surface area contributed by atoms with Gasteiger partial charge >= 0.3 is 7.60 Å². The zero-order valence-electron chi connectivity index (χ0n) is 15.3. The average Bonchev–Trinajstić information content (AvgIpc) is 2.59. The largest absolute Gasteiger partial charge is 0.376 e. The van der Waals surface area contributed by atoms with Crippen LogP contribution in [0.1, 0.15) is 20.8 Å². The Bertz CT molecular complexity index is 708. The summed E-state index contributed by atoms with van der Waals surface area (Å²) in [5.74, 6) is -3.13. The van der Waals surface area contributed by atoms with Crippen molar-refractivity contribution in [2.75, 3.05) is 11.9 Å². The number of benzene rings is 1. The Balaban J connectivity index is 2.43. The Morgan fingerprint density at radius 3 is 2.00 bits per heavy atom. The van der Waals surface area contributed by atoms with Crippen LogP contribution in [0.25, 0.3) is 0 Å². The molecule has 0 fully saturated rings. The second-order valence-electron chi connectivity index (χ2n) is 6.01. The number of anilines is 1. The Hall–Kier alpha value is -2.42. The van der Waals surface area contributed by atoms with Crippen molar-refractivity contribution >= 4 is 31.0 Å². The van der Waals surface area contributed by atoms with E-state index >= 15 is 0 Å². The van der Waals surface area contributed by atoms with Gasteiger partial charge in [0.25, 0.3) is 0 Å². The second-order valence-corrected chi connectivity index (χ2v) is 7.97. The lowest BCUT2D eigenvalue weighted by atomic mass is 10.2. The van der Waals surface area contributed by atoms with Crippen molar-refractivity contribution in [3.63, 3.8) is 0 Å². The fourth-order valence-corrected chi connectivity index (χ4v) is 2.21. The predicted molar refractivity (Wildman–Crippen MR) is 99.8 cm³/mol. The van der Waals surface area contributed by atoms with Crippen molar-refractivity contribution in [1.82, 2.24) is 16.0 Å². The normalized spacial score (nSPS) is 14.4. The summed E-state index contributed by atoms with van der Waals surface area (Å²) in [4.78, 5) is 53.8. The molecule has 27 heavy (non-hydrogen) atoms. The number of rotatable bonds is 9. The summed E-state index contributed by atoms with van der Waals surface area (Å²) >= 11 is 0. The maximum atomic E-state index is 12.1. The minimum Gasteiger partial charge on any atom is -0.376 e. The van der Waals surface area contributed by atoms with Gasteiger partial charge in [-0.3, -0.25) is 18.9 Å². The van der Waals surface area contributed by atoms with E-state index in [-0.39, 0.29) is 6.54 Å². The smallest absolute Gasteiger partial charge is 0.347 e. The molecule has 1 aromatic rings. The van der Waals surface area contributed by atoms with Crippen molar-refractivity contribution in [3.05, 3.63) is 30.3 Å². The first-order chi connectivity index (χ1) is 12.5. The number of carbonyl (C=O) groups excluding carboxylic acids is 3. The monoisotopic (exact) mass is 400 g/mol. The maximum absolute atomic E-state index is 12.1. The number of carbonyl (C=O) groups is 3. The molecule has 0 spiro atoms. The summed E-state index contributed by atoms with van der Waals surface area (Å²) in [6.45, 7) is 3.96. The van der Waals surface area contributed by atoms with Gasteiger partial charge in [0.2, 0.25) is 17.7 Å². The average molecular weight is 400 g/mol. The topological polar surface area (TPSA) is 157 Å². The van der Waals surface area contributed by atoms with Gasteiger partial charge in [-0.15, -0.1) is 0 Å². The minimum atomic E-state index is -4.46. The number of nitrogens with one attached hydrogen (secondary N) is 4. The lowest BCUT2D eigenvalue weighted by Crippen LogP contribution is -2.53. The number of amides is 3.